The lowest BCUT2D eigenvalue weighted by atomic mass is 10.5. The number of rotatable bonds is 15. The van der Waals surface area contributed by atoms with E-state index in [1.54, 1.807) is 20.8 Å². The Labute approximate surface area is 161 Å². The summed E-state index contributed by atoms with van der Waals surface area (Å²) in [7, 11) is 1.05. The number of ether oxygens (including phenoxy) is 4. The fourth-order valence-corrected chi connectivity index (χ4v) is 2.68. The molecule has 11 heteroatoms. The van der Waals surface area contributed by atoms with Crippen LogP contribution in [-0.2, 0) is 37.4 Å². The standard InChI is InChI=1S/C16H32NO9P/c1-8-14(18)25-15(21-9-2)16(22-10-3,23-11-4)26-27(19,20)24-13-12-17(5,6)7/h8,15H,1,9-13H2,2-7H3/p+1. The number of phosphoric ester groups is 1. The quantitative estimate of drug-likeness (QED) is 0.141. The van der Waals surface area contributed by atoms with Crippen LogP contribution >= 0.6 is 7.82 Å². The molecule has 0 rings (SSSR count). The van der Waals surface area contributed by atoms with Gasteiger partial charge in [0.25, 0.3) is 6.29 Å². The van der Waals surface area contributed by atoms with Crippen LogP contribution in [0.25, 0.3) is 0 Å². The number of nitrogens with zero attached hydrogens (tertiary/aromatic N) is 1. The first-order valence-electron chi connectivity index (χ1n) is 8.66. The number of hydrogen-bond acceptors (Lipinski definition) is 8. The highest BCUT2D eigenvalue weighted by Crippen LogP contribution is 2.49. The van der Waals surface area contributed by atoms with E-state index in [0.29, 0.717) is 11.0 Å². The fourth-order valence-electron chi connectivity index (χ4n) is 1.81. The number of likely N-dealkylation sites (N-methyl/N-ethyl adjacent to an activating group) is 1. The summed E-state index contributed by atoms with van der Waals surface area (Å²) >= 11 is 0. The summed E-state index contributed by atoms with van der Waals surface area (Å²) in [5.41, 5.74) is 0. The molecule has 0 aromatic rings. The van der Waals surface area contributed by atoms with E-state index in [2.05, 4.69) is 6.58 Å². The normalized spacial score (nSPS) is 15.8. The second kappa shape index (κ2) is 11.9. The van der Waals surface area contributed by atoms with Crippen LogP contribution in [0, 0.1) is 0 Å². The molecule has 1 N–H and O–H groups in total. The SMILES string of the molecule is C=CC(=O)OC(OCC)C(OCC)(OCC)OP(=O)(O)OCC[N+](C)(C)C. The van der Waals surface area contributed by atoms with Crippen molar-refractivity contribution in [2.75, 3.05) is 54.1 Å². The van der Waals surface area contributed by atoms with Gasteiger partial charge in [-0.25, -0.2) is 13.9 Å². The van der Waals surface area contributed by atoms with Crippen molar-refractivity contribution in [2.45, 2.75) is 33.0 Å². The minimum Gasteiger partial charge on any atom is -0.423 e. The van der Waals surface area contributed by atoms with E-state index in [4.69, 9.17) is 28.0 Å². The van der Waals surface area contributed by atoms with Crippen molar-refractivity contribution in [2.24, 2.45) is 0 Å². The Balaban J connectivity index is 5.58. The van der Waals surface area contributed by atoms with Gasteiger partial charge in [0.1, 0.15) is 13.2 Å². The number of quaternary nitrogens is 1. The van der Waals surface area contributed by atoms with Crippen LogP contribution in [0.3, 0.4) is 0 Å². The predicted octanol–water partition coefficient (Wildman–Crippen LogP) is 1.64. The molecule has 0 aliphatic rings. The van der Waals surface area contributed by atoms with Crippen molar-refractivity contribution in [1.82, 2.24) is 0 Å². The minimum absolute atomic E-state index is 0.00803. The van der Waals surface area contributed by atoms with Crippen molar-refractivity contribution in [3.8, 4) is 0 Å². The van der Waals surface area contributed by atoms with Gasteiger partial charge in [0.2, 0.25) is 0 Å². The minimum atomic E-state index is -4.65. The molecular formula is C16H33NO9P+. The van der Waals surface area contributed by atoms with Gasteiger partial charge >= 0.3 is 19.8 Å². The van der Waals surface area contributed by atoms with Crippen molar-refractivity contribution in [3.63, 3.8) is 0 Å². The lowest BCUT2D eigenvalue weighted by molar-refractivity contribution is -0.870. The highest BCUT2D eigenvalue weighted by molar-refractivity contribution is 7.47. The molecule has 0 bridgehead atoms. The number of esters is 1. The first kappa shape index (κ1) is 26.2. The average molecular weight is 414 g/mol. The molecule has 0 radical (unpaired) electrons. The van der Waals surface area contributed by atoms with E-state index in [0.717, 1.165) is 6.08 Å². The van der Waals surface area contributed by atoms with Gasteiger partial charge in [0, 0.05) is 25.9 Å². The van der Waals surface area contributed by atoms with E-state index in [1.165, 1.54) is 0 Å². The Morgan fingerprint density at radius 2 is 1.74 bits per heavy atom. The molecule has 0 amide bonds. The largest absolute Gasteiger partial charge is 0.476 e. The molecule has 27 heavy (non-hydrogen) atoms. The molecule has 0 fully saturated rings. The molecule has 0 heterocycles. The third kappa shape index (κ3) is 10.3. The van der Waals surface area contributed by atoms with Crippen molar-refractivity contribution < 1.29 is 46.7 Å². The molecule has 10 nitrogen and oxygen atoms in total. The second-order valence-corrected chi connectivity index (χ2v) is 7.68. The highest BCUT2D eigenvalue weighted by atomic mass is 31.2. The third-order valence-corrected chi connectivity index (χ3v) is 3.94. The van der Waals surface area contributed by atoms with Crippen LogP contribution in [0.1, 0.15) is 20.8 Å². The molecule has 2 atom stereocenters. The zero-order chi connectivity index (χ0) is 21.1. The molecule has 0 saturated carbocycles. The summed E-state index contributed by atoms with van der Waals surface area (Å²) in [6.45, 7) is 8.64. The van der Waals surface area contributed by atoms with E-state index >= 15 is 0 Å². The zero-order valence-electron chi connectivity index (χ0n) is 17.0. The molecular weight excluding hydrogens is 381 g/mol. The topological polar surface area (TPSA) is 110 Å². The van der Waals surface area contributed by atoms with Gasteiger partial charge in [-0.2, -0.15) is 0 Å². The Hall–Kier alpha value is -0.840. The summed E-state index contributed by atoms with van der Waals surface area (Å²) < 4.78 is 44.4. The van der Waals surface area contributed by atoms with Gasteiger partial charge in [-0.3, -0.25) is 4.52 Å². The second-order valence-electron chi connectivity index (χ2n) is 6.30. The lowest BCUT2D eigenvalue weighted by Crippen LogP contribution is -2.52. The van der Waals surface area contributed by atoms with Crippen LogP contribution in [0.5, 0.6) is 0 Å². The van der Waals surface area contributed by atoms with Crippen LogP contribution in [-0.4, -0.2) is 81.7 Å². The maximum absolute atomic E-state index is 12.5. The molecule has 0 aliphatic carbocycles. The van der Waals surface area contributed by atoms with Gasteiger partial charge in [-0.05, 0) is 20.8 Å². The molecule has 0 aliphatic heterocycles. The first-order chi connectivity index (χ1) is 12.4. The van der Waals surface area contributed by atoms with Gasteiger partial charge in [0.05, 0.1) is 21.1 Å². The number of hydrogen-bond donors (Lipinski definition) is 1. The summed E-state index contributed by atoms with van der Waals surface area (Å²) in [4.78, 5) is 21.8. The maximum atomic E-state index is 12.5. The van der Waals surface area contributed by atoms with Gasteiger partial charge < -0.3 is 28.3 Å². The molecule has 0 aromatic carbocycles. The third-order valence-electron chi connectivity index (χ3n) is 2.95. The zero-order valence-corrected chi connectivity index (χ0v) is 17.9. The smallest absolute Gasteiger partial charge is 0.423 e. The van der Waals surface area contributed by atoms with Gasteiger partial charge in [-0.15, -0.1) is 0 Å². The summed E-state index contributed by atoms with van der Waals surface area (Å²) in [6.07, 6.45) is -0.680. The average Bonchev–Trinajstić information content (AvgIpc) is 2.52. The van der Waals surface area contributed by atoms with Crippen molar-refractivity contribution in [3.05, 3.63) is 12.7 Å². The van der Waals surface area contributed by atoms with Crippen molar-refractivity contribution in [1.29, 1.82) is 0 Å². The molecule has 160 valence electrons. The molecule has 2 unspecified atom stereocenters. The maximum Gasteiger partial charge on any atom is 0.476 e. The van der Waals surface area contributed by atoms with E-state index in [1.807, 2.05) is 21.1 Å². The van der Waals surface area contributed by atoms with Gasteiger partial charge in [0.15, 0.2) is 0 Å². The summed E-state index contributed by atoms with van der Waals surface area (Å²) in [5.74, 6) is -3.14. The highest BCUT2D eigenvalue weighted by Gasteiger charge is 2.52. The van der Waals surface area contributed by atoms with E-state index in [9.17, 15) is 14.3 Å². The van der Waals surface area contributed by atoms with E-state index in [-0.39, 0.29) is 26.4 Å². The Morgan fingerprint density at radius 1 is 1.19 bits per heavy atom. The Morgan fingerprint density at radius 3 is 2.15 bits per heavy atom. The van der Waals surface area contributed by atoms with Gasteiger partial charge in [-0.1, -0.05) is 6.58 Å². The van der Waals surface area contributed by atoms with E-state index < -0.39 is 26.1 Å². The number of carbonyl (C=O) groups is 1. The first-order valence-corrected chi connectivity index (χ1v) is 10.2. The van der Waals surface area contributed by atoms with Crippen LogP contribution in [0.4, 0.5) is 0 Å². The fraction of sp³-hybridized carbons (Fsp3) is 0.812. The lowest BCUT2D eigenvalue weighted by Gasteiger charge is -2.37. The van der Waals surface area contributed by atoms with Crippen molar-refractivity contribution >= 4 is 13.8 Å². The molecule has 0 aromatic heterocycles. The number of carbonyl (C=O) groups excluding carboxylic acids is 1. The predicted molar refractivity (Wildman–Crippen MR) is 97.4 cm³/mol. The molecule has 0 saturated heterocycles. The Bertz CT molecular complexity index is 501. The molecule has 0 spiro atoms. The summed E-state index contributed by atoms with van der Waals surface area (Å²) in [6, 6.07) is 0. The van der Waals surface area contributed by atoms with Crippen LogP contribution in [0.2, 0.25) is 0 Å². The van der Waals surface area contributed by atoms with Crippen LogP contribution in [0.15, 0.2) is 12.7 Å². The summed E-state index contributed by atoms with van der Waals surface area (Å²) in [5, 5.41) is 0. The number of phosphoric acid groups is 1. The Kier molecular flexibility index (Phi) is 11.5. The monoisotopic (exact) mass is 414 g/mol. The van der Waals surface area contributed by atoms with Crippen LogP contribution < -0.4 is 0 Å².